The van der Waals surface area contributed by atoms with E-state index in [1.165, 1.54) is 7.05 Å². The number of urea groups is 1. The van der Waals surface area contributed by atoms with E-state index >= 15 is 0 Å². The van der Waals surface area contributed by atoms with Gasteiger partial charge < -0.3 is 21.1 Å². The van der Waals surface area contributed by atoms with E-state index in [4.69, 9.17) is 0 Å². The molecule has 0 radical (unpaired) electrons. The average Bonchev–Trinajstić information content (AvgIpc) is 2.54. The number of phenolic OH excluding ortho intramolecular Hbond substituents is 1. The molecule has 0 aromatic heterocycles. The van der Waals surface area contributed by atoms with Crippen LogP contribution >= 0.6 is 0 Å². The Hall–Kier alpha value is -3.02. The molecule has 6 nitrogen and oxygen atoms in total. The third-order valence-electron chi connectivity index (χ3n) is 3.24. The number of nitrogens with one attached hydrogen (secondary N) is 3. The number of aryl methyl sites for hydroxylation is 1. The van der Waals surface area contributed by atoms with Gasteiger partial charge in [0.05, 0.1) is 0 Å². The average molecular weight is 313 g/mol. The maximum atomic E-state index is 12.0. The van der Waals surface area contributed by atoms with Crippen LogP contribution in [0.2, 0.25) is 0 Å². The number of anilines is 2. The highest BCUT2D eigenvalue weighted by Gasteiger charge is 2.07. The topological polar surface area (TPSA) is 90.5 Å². The number of aromatic hydroxyl groups is 1. The maximum absolute atomic E-state index is 12.0. The van der Waals surface area contributed by atoms with Crippen molar-refractivity contribution in [2.75, 3.05) is 17.7 Å². The molecule has 2 aromatic carbocycles. The van der Waals surface area contributed by atoms with Crippen molar-refractivity contribution in [1.29, 1.82) is 0 Å². The fourth-order valence-electron chi connectivity index (χ4n) is 2.06. The van der Waals surface area contributed by atoms with E-state index in [1.54, 1.807) is 42.5 Å². The summed E-state index contributed by atoms with van der Waals surface area (Å²) in [6, 6.07) is 13.5. The van der Waals surface area contributed by atoms with Gasteiger partial charge in [-0.25, -0.2) is 4.79 Å². The molecule has 3 amide bonds. The quantitative estimate of drug-likeness (QED) is 0.684. The van der Waals surface area contributed by atoms with Crippen LogP contribution in [0.5, 0.6) is 5.75 Å². The summed E-state index contributed by atoms with van der Waals surface area (Å²) in [5, 5.41) is 17.5. The maximum Gasteiger partial charge on any atom is 0.318 e. The van der Waals surface area contributed by atoms with E-state index in [2.05, 4.69) is 16.0 Å². The zero-order chi connectivity index (χ0) is 16.7. The van der Waals surface area contributed by atoms with Crippen LogP contribution < -0.4 is 16.0 Å². The lowest BCUT2D eigenvalue weighted by Crippen LogP contribution is -2.24. The number of benzene rings is 2. The fraction of sp³-hybridized carbons (Fsp3) is 0.176. The van der Waals surface area contributed by atoms with E-state index in [1.807, 2.05) is 6.07 Å². The summed E-state index contributed by atoms with van der Waals surface area (Å²) in [7, 11) is 1.53. The minimum Gasteiger partial charge on any atom is -0.508 e. The first kappa shape index (κ1) is 16.4. The number of carbonyl (C=O) groups excluding carboxylic acids is 2. The number of hydrogen-bond acceptors (Lipinski definition) is 3. The number of rotatable bonds is 5. The lowest BCUT2D eigenvalue weighted by atomic mass is 10.1. The summed E-state index contributed by atoms with van der Waals surface area (Å²) in [4.78, 5) is 23.3. The van der Waals surface area contributed by atoms with E-state index < -0.39 is 0 Å². The second-order valence-corrected chi connectivity index (χ2v) is 4.96. The van der Waals surface area contributed by atoms with Crippen LogP contribution in [0.1, 0.15) is 12.0 Å². The smallest absolute Gasteiger partial charge is 0.318 e. The number of hydrogen-bond donors (Lipinski definition) is 4. The van der Waals surface area contributed by atoms with Crippen molar-refractivity contribution in [2.24, 2.45) is 0 Å². The lowest BCUT2D eigenvalue weighted by molar-refractivity contribution is -0.116. The van der Waals surface area contributed by atoms with E-state index in [9.17, 15) is 14.7 Å². The highest BCUT2D eigenvalue weighted by molar-refractivity contribution is 5.93. The second-order valence-electron chi connectivity index (χ2n) is 4.96. The van der Waals surface area contributed by atoms with Gasteiger partial charge in [0.15, 0.2) is 0 Å². The van der Waals surface area contributed by atoms with Crippen LogP contribution in [-0.4, -0.2) is 24.1 Å². The molecule has 0 spiro atoms. The van der Waals surface area contributed by atoms with Crippen molar-refractivity contribution in [1.82, 2.24) is 5.32 Å². The number of para-hydroxylation sites is 1. The molecule has 0 aliphatic carbocycles. The van der Waals surface area contributed by atoms with E-state index in [0.717, 1.165) is 5.56 Å². The molecule has 0 heterocycles. The molecule has 4 N–H and O–H groups in total. The second kappa shape index (κ2) is 7.84. The summed E-state index contributed by atoms with van der Waals surface area (Å²) >= 11 is 0. The first-order valence-corrected chi connectivity index (χ1v) is 7.24. The summed E-state index contributed by atoms with van der Waals surface area (Å²) in [6.07, 6.45) is 0.708. The normalized spacial score (nSPS) is 9.96. The van der Waals surface area contributed by atoms with Gasteiger partial charge in [0, 0.05) is 24.8 Å². The SMILES string of the molecule is CNC(=O)Nc1cccc(NC(=O)CCc2ccccc2O)c1. The molecule has 2 rings (SSSR count). The summed E-state index contributed by atoms with van der Waals surface area (Å²) < 4.78 is 0. The highest BCUT2D eigenvalue weighted by atomic mass is 16.3. The predicted octanol–water partition coefficient (Wildman–Crippen LogP) is 2.71. The van der Waals surface area contributed by atoms with Crippen LogP contribution in [0.3, 0.4) is 0 Å². The third kappa shape index (κ3) is 5.03. The Morgan fingerprint density at radius 1 is 1.00 bits per heavy atom. The Morgan fingerprint density at radius 3 is 2.39 bits per heavy atom. The number of carbonyl (C=O) groups is 2. The Balaban J connectivity index is 1.91. The van der Waals surface area contributed by atoms with Gasteiger partial charge in [0.1, 0.15) is 5.75 Å². The molecule has 23 heavy (non-hydrogen) atoms. The molecule has 0 aliphatic heterocycles. The molecule has 0 bridgehead atoms. The molecular weight excluding hydrogens is 294 g/mol. The predicted molar refractivity (Wildman–Crippen MR) is 89.6 cm³/mol. The van der Waals surface area contributed by atoms with Crippen molar-refractivity contribution in [3.8, 4) is 5.75 Å². The van der Waals surface area contributed by atoms with Gasteiger partial charge in [-0.1, -0.05) is 24.3 Å². The molecule has 2 aromatic rings. The van der Waals surface area contributed by atoms with Crippen LogP contribution in [0.4, 0.5) is 16.2 Å². The highest BCUT2D eigenvalue weighted by Crippen LogP contribution is 2.18. The minimum atomic E-state index is -0.326. The Bertz CT molecular complexity index is 701. The van der Waals surface area contributed by atoms with Gasteiger partial charge in [-0.3, -0.25) is 4.79 Å². The molecule has 0 fully saturated rings. The van der Waals surface area contributed by atoms with Gasteiger partial charge in [0.2, 0.25) is 5.91 Å². The summed E-state index contributed by atoms with van der Waals surface area (Å²) in [5.74, 6) is 0.0300. The summed E-state index contributed by atoms with van der Waals surface area (Å²) in [6.45, 7) is 0. The molecule has 0 aliphatic rings. The first-order chi connectivity index (χ1) is 11.1. The van der Waals surface area contributed by atoms with Gasteiger partial charge in [-0.05, 0) is 36.2 Å². The molecule has 120 valence electrons. The van der Waals surface area contributed by atoms with Crippen molar-refractivity contribution in [2.45, 2.75) is 12.8 Å². The van der Waals surface area contributed by atoms with Crippen molar-refractivity contribution < 1.29 is 14.7 Å². The Labute approximate surface area is 134 Å². The van der Waals surface area contributed by atoms with Gasteiger partial charge in [0.25, 0.3) is 0 Å². The Kier molecular flexibility index (Phi) is 5.57. The van der Waals surface area contributed by atoms with Crippen molar-refractivity contribution in [3.63, 3.8) is 0 Å². The molecule has 0 saturated carbocycles. The van der Waals surface area contributed by atoms with E-state index in [0.29, 0.717) is 17.8 Å². The minimum absolute atomic E-state index is 0.162. The van der Waals surface area contributed by atoms with Crippen LogP contribution in [0.25, 0.3) is 0 Å². The molecule has 0 unspecified atom stereocenters. The van der Waals surface area contributed by atoms with Crippen LogP contribution in [0.15, 0.2) is 48.5 Å². The van der Waals surface area contributed by atoms with Crippen molar-refractivity contribution in [3.05, 3.63) is 54.1 Å². The Morgan fingerprint density at radius 2 is 1.70 bits per heavy atom. The first-order valence-electron chi connectivity index (χ1n) is 7.24. The van der Waals surface area contributed by atoms with Crippen LogP contribution in [0, 0.1) is 0 Å². The molecule has 6 heteroatoms. The number of phenols is 1. The molecule has 0 saturated heterocycles. The largest absolute Gasteiger partial charge is 0.508 e. The van der Waals surface area contributed by atoms with Gasteiger partial charge in [-0.15, -0.1) is 0 Å². The third-order valence-corrected chi connectivity index (χ3v) is 3.24. The monoisotopic (exact) mass is 313 g/mol. The lowest BCUT2D eigenvalue weighted by Gasteiger charge is -2.09. The van der Waals surface area contributed by atoms with Gasteiger partial charge in [-0.2, -0.15) is 0 Å². The van der Waals surface area contributed by atoms with E-state index in [-0.39, 0.29) is 24.1 Å². The molecular formula is C17H19N3O3. The fourth-order valence-corrected chi connectivity index (χ4v) is 2.06. The zero-order valence-corrected chi connectivity index (χ0v) is 12.8. The molecule has 0 atom stereocenters. The number of amides is 3. The summed E-state index contributed by atoms with van der Waals surface area (Å²) in [5.41, 5.74) is 1.92. The van der Waals surface area contributed by atoms with Gasteiger partial charge >= 0.3 is 6.03 Å². The van der Waals surface area contributed by atoms with Crippen LogP contribution in [-0.2, 0) is 11.2 Å². The zero-order valence-electron chi connectivity index (χ0n) is 12.8. The standard InChI is InChI=1S/C17H19N3O3/c1-18-17(23)20-14-7-4-6-13(11-14)19-16(22)10-9-12-5-2-3-8-15(12)21/h2-8,11,21H,9-10H2,1H3,(H,19,22)(H2,18,20,23). The van der Waals surface area contributed by atoms with Crippen molar-refractivity contribution >= 4 is 23.3 Å².